The Morgan fingerprint density at radius 1 is 0.786 bits per heavy atom. The summed E-state index contributed by atoms with van der Waals surface area (Å²) in [7, 11) is 1.56. The van der Waals surface area contributed by atoms with Gasteiger partial charge in [-0.2, -0.15) is 0 Å². The van der Waals surface area contributed by atoms with Crippen molar-refractivity contribution in [3.8, 4) is 0 Å². The summed E-state index contributed by atoms with van der Waals surface area (Å²) in [6.07, 6.45) is 26.8. The molecule has 0 spiro atoms. The summed E-state index contributed by atoms with van der Waals surface area (Å²) in [6, 6.07) is -0.843. The van der Waals surface area contributed by atoms with Crippen LogP contribution in [0.3, 0.4) is 0 Å². The van der Waals surface area contributed by atoms with Crippen molar-refractivity contribution in [3.05, 3.63) is 24.3 Å². The van der Waals surface area contributed by atoms with E-state index in [2.05, 4.69) is 31.3 Å². The van der Waals surface area contributed by atoms with Crippen molar-refractivity contribution in [2.75, 3.05) is 40.9 Å². The number of likely N-dealkylation sites (N-methyl/N-ethyl adjacent to an activating group) is 1. The predicted molar refractivity (Wildman–Crippen MR) is 175 cm³/mol. The van der Waals surface area contributed by atoms with Crippen LogP contribution in [0.2, 0.25) is 0 Å². The van der Waals surface area contributed by atoms with E-state index in [-0.39, 0.29) is 19.1 Å². The van der Waals surface area contributed by atoms with Crippen molar-refractivity contribution in [2.45, 2.75) is 142 Å². The predicted octanol–water partition coefficient (Wildman–Crippen LogP) is 7.85. The minimum absolute atomic E-state index is 0.0596. The first-order valence-corrected chi connectivity index (χ1v) is 18.2. The summed E-state index contributed by atoms with van der Waals surface area (Å²) in [6.45, 7) is 4.69. The number of carbonyl (C=O) groups excluding carboxylic acids is 1. The Labute approximate surface area is 258 Å². The number of nitrogens with one attached hydrogen (secondary N) is 1. The fourth-order valence-corrected chi connectivity index (χ4v) is 5.12. The van der Waals surface area contributed by atoms with Gasteiger partial charge in [0.05, 0.1) is 39.9 Å². The van der Waals surface area contributed by atoms with E-state index < -0.39 is 20.0 Å². The Kier molecular flexibility index (Phi) is 25.7. The van der Waals surface area contributed by atoms with Crippen molar-refractivity contribution < 1.29 is 32.9 Å². The normalized spacial score (nSPS) is 15.3. The molecule has 0 saturated carbocycles. The molecule has 0 aromatic rings. The van der Waals surface area contributed by atoms with E-state index in [1.807, 2.05) is 27.2 Å². The third-order valence-electron chi connectivity index (χ3n) is 7.17. The van der Waals surface area contributed by atoms with E-state index in [0.717, 1.165) is 51.4 Å². The first kappa shape index (κ1) is 41.0. The van der Waals surface area contributed by atoms with Gasteiger partial charge < -0.3 is 19.8 Å². The Hall–Kier alpha value is -1.02. The summed E-state index contributed by atoms with van der Waals surface area (Å²) < 4.78 is 23.3. The standard InChI is InChI=1S/C33H65N2O6P/c1-6-8-10-12-14-15-16-17-18-19-21-23-25-27-33(37)34-31(32(36)26-24-22-20-13-11-9-7-2)30-41-42(38,39)40-29-28-35(3,4)5/h15-16,24,26,31-32,36H,6-14,17-23,25,27-30H2,1-5H3,(H-,34,37,38,39)/p+1/b16-15-,26-24+. The highest BCUT2D eigenvalue weighted by atomic mass is 31.2. The molecule has 1 amide bonds. The van der Waals surface area contributed by atoms with E-state index in [1.165, 1.54) is 57.8 Å². The summed E-state index contributed by atoms with van der Waals surface area (Å²) >= 11 is 0. The second-order valence-corrected chi connectivity index (χ2v) is 14.0. The van der Waals surface area contributed by atoms with Gasteiger partial charge in [0.1, 0.15) is 13.2 Å². The number of phosphoric acid groups is 1. The summed E-state index contributed by atoms with van der Waals surface area (Å²) in [5.41, 5.74) is 0. The molecule has 9 heteroatoms. The van der Waals surface area contributed by atoms with Crippen LogP contribution in [0, 0.1) is 0 Å². The SMILES string of the molecule is CCCCCC/C=C\CCCCCCCC(=O)NC(COP(=O)(O)OCC[N+](C)(C)C)C(O)/C=C/CCCCCCC. The fraction of sp³-hybridized carbons (Fsp3) is 0.848. The molecule has 0 aromatic heterocycles. The molecule has 0 aliphatic heterocycles. The minimum Gasteiger partial charge on any atom is -0.387 e. The molecule has 0 heterocycles. The average Bonchev–Trinajstić information content (AvgIpc) is 2.92. The highest BCUT2D eigenvalue weighted by Gasteiger charge is 2.27. The number of amides is 1. The molecule has 8 nitrogen and oxygen atoms in total. The van der Waals surface area contributed by atoms with Crippen LogP contribution < -0.4 is 5.32 Å². The molecule has 0 aliphatic rings. The van der Waals surface area contributed by atoms with Gasteiger partial charge in [0.25, 0.3) is 0 Å². The summed E-state index contributed by atoms with van der Waals surface area (Å²) in [4.78, 5) is 22.8. The quantitative estimate of drug-likeness (QED) is 0.0342. The molecule has 3 N–H and O–H groups in total. The molecule has 0 bridgehead atoms. The van der Waals surface area contributed by atoms with Crippen molar-refractivity contribution in [3.63, 3.8) is 0 Å². The van der Waals surface area contributed by atoms with Gasteiger partial charge in [-0.15, -0.1) is 0 Å². The van der Waals surface area contributed by atoms with E-state index in [0.29, 0.717) is 17.4 Å². The molecule has 0 radical (unpaired) electrons. The summed E-state index contributed by atoms with van der Waals surface area (Å²) in [5, 5.41) is 13.6. The monoisotopic (exact) mass is 617 g/mol. The second-order valence-electron chi connectivity index (χ2n) is 12.5. The number of phosphoric ester groups is 1. The Bertz CT molecular complexity index is 753. The molecule has 0 rings (SSSR count). The van der Waals surface area contributed by atoms with Crippen molar-refractivity contribution >= 4 is 13.7 Å². The number of aliphatic hydroxyl groups is 1. The van der Waals surface area contributed by atoms with Gasteiger partial charge >= 0.3 is 7.82 Å². The van der Waals surface area contributed by atoms with Crippen LogP contribution >= 0.6 is 7.82 Å². The highest BCUT2D eigenvalue weighted by molar-refractivity contribution is 7.47. The number of nitrogens with zero attached hydrogens (tertiary/aromatic N) is 1. The number of unbranched alkanes of at least 4 members (excludes halogenated alkanes) is 14. The van der Waals surface area contributed by atoms with Crippen LogP contribution in [0.15, 0.2) is 24.3 Å². The van der Waals surface area contributed by atoms with Gasteiger partial charge in [-0.05, 0) is 44.9 Å². The molecule has 0 saturated heterocycles. The lowest BCUT2D eigenvalue weighted by Gasteiger charge is -2.25. The van der Waals surface area contributed by atoms with E-state index >= 15 is 0 Å². The number of aliphatic hydroxyl groups excluding tert-OH is 1. The largest absolute Gasteiger partial charge is 0.472 e. The van der Waals surface area contributed by atoms with Crippen LogP contribution in [-0.2, 0) is 18.4 Å². The molecule has 3 unspecified atom stereocenters. The van der Waals surface area contributed by atoms with Gasteiger partial charge in [0, 0.05) is 6.42 Å². The number of carbonyl (C=O) groups is 1. The van der Waals surface area contributed by atoms with Gasteiger partial charge in [-0.25, -0.2) is 4.57 Å². The zero-order chi connectivity index (χ0) is 31.5. The van der Waals surface area contributed by atoms with E-state index in [4.69, 9.17) is 9.05 Å². The van der Waals surface area contributed by atoms with E-state index in [9.17, 15) is 19.4 Å². The first-order valence-electron chi connectivity index (χ1n) is 16.7. The molecule has 3 atom stereocenters. The van der Waals surface area contributed by atoms with E-state index in [1.54, 1.807) is 6.08 Å². The molecular formula is C33H66N2O6P+. The zero-order valence-electron chi connectivity index (χ0n) is 27.7. The topological polar surface area (TPSA) is 105 Å². The Balaban J connectivity index is 4.56. The average molecular weight is 618 g/mol. The molecule has 0 fully saturated rings. The first-order chi connectivity index (χ1) is 20.0. The maximum absolute atomic E-state index is 12.7. The van der Waals surface area contributed by atoms with Crippen LogP contribution in [0.1, 0.15) is 129 Å². The van der Waals surface area contributed by atoms with Gasteiger partial charge in [-0.3, -0.25) is 13.8 Å². The number of allylic oxidation sites excluding steroid dienone is 3. The minimum atomic E-state index is -4.32. The lowest BCUT2D eigenvalue weighted by Crippen LogP contribution is -2.45. The lowest BCUT2D eigenvalue weighted by molar-refractivity contribution is -0.870. The molecular weight excluding hydrogens is 551 g/mol. The summed E-state index contributed by atoms with van der Waals surface area (Å²) in [5.74, 6) is -0.194. The Morgan fingerprint density at radius 3 is 1.86 bits per heavy atom. The van der Waals surface area contributed by atoms with Gasteiger partial charge in [-0.1, -0.05) is 102 Å². The number of hydrogen-bond donors (Lipinski definition) is 3. The zero-order valence-corrected chi connectivity index (χ0v) is 28.6. The lowest BCUT2D eigenvalue weighted by atomic mass is 10.1. The molecule has 0 aliphatic carbocycles. The van der Waals surface area contributed by atoms with Gasteiger partial charge in [0.15, 0.2) is 0 Å². The van der Waals surface area contributed by atoms with Crippen molar-refractivity contribution in [1.29, 1.82) is 0 Å². The third-order valence-corrected chi connectivity index (χ3v) is 8.15. The number of hydrogen-bond acceptors (Lipinski definition) is 5. The van der Waals surface area contributed by atoms with Crippen LogP contribution in [-0.4, -0.2) is 73.4 Å². The molecule has 42 heavy (non-hydrogen) atoms. The maximum Gasteiger partial charge on any atom is 0.472 e. The Morgan fingerprint density at radius 2 is 1.29 bits per heavy atom. The third kappa shape index (κ3) is 27.8. The van der Waals surface area contributed by atoms with Crippen molar-refractivity contribution in [2.24, 2.45) is 0 Å². The molecule has 0 aromatic carbocycles. The fourth-order valence-electron chi connectivity index (χ4n) is 4.38. The smallest absolute Gasteiger partial charge is 0.387 e. The number of rotatable bonds is 29. The van der Waals surface area contributed by atoms with Crippen LogP contribution in [0.25, 0.3) is 0 Å². The highest BCUT2D eigenvalue weighted by Crippen LogP contribution is 2.43. The number of quaternary nitrogens is 1. The maximum atomic E-state index is 12.7. The van der Waals surface area contributed by atoms with Crippen LogP contribution in [0.4, 0.5) is 0 Å². The second kappa shape index (κ2) is 26.4. The molecule has 248 valence electrons. The van der Waals surface area contributed by atoms with Crippen LogP contribution in [0.5, 0.6) is 0 Å². The van der Waals surface area contributed by atoms with Gasteiger partial charge in [0.2, 0.25) is 5.91 Å². The van der Waals surface area contributed by atoms with Crippen molar-refractivity contribution in [1.82, 2.24) is 5.32 Å².